The van der Waals surface area contributed by atoms with Crippen LogP contribution < -0.4 is 9.46 Å². The lowest BCUT2D eigenvalue weighted by Gasteiger charge is -2.36. The lowest BCUT2D eigenvalue weighted by Crippen LogP contribution is -2.55. The van der Waals surface area contributed by atoms with E-state index in [0.717, 1.165) is 17.3 Å². The Morgan fingerprint density at radius 1 is 1.36 bits per heavy atom. The summed E-state index contributed by atoms with van der Waals surface area (Å²) in [5.74, 6) is 0.326. The number of nitrogens with one attached hydrogen (secondary N) is 1. The molecule has 2 N–H and O–H groups in total. The van der Waals surface area contributed by atoms with Crippen molar-refractivity contribution in [3.8, 4) is 5.75 Å². The molecular weight excluding hydrogens is 349 g/mol. The normalized spacial score (nSPS) is 22.3. The van der Waals surface area contributed by atoms with Crippen LogP contribution in [-0.2, 0) is 10.2 Å². The van der Waals surface area contributed by atoms with Crippen LogP contribution in [0.4, 0.5) is 4.39 Å². The van der Waals surface area contributed by atoms with Crippen molar-refractivity contribution in [1.29, 1.82) is 0 Å². The molecule has 1 aliphatic rings. The van der Waals surface area contributed by atoms with Crippen LogP contribution in [0, 0.1) is 5.82 Å². The van der Waals surface area contributed by atoms with Crippen molar-refractivity contribution in [3.63, 3.8) is 0 Å². The summed E-state index contributed by atoms with van der Waals surface area (Å²) in [5.41, 5.74) is 0. The summed E-state index contributed by atoms with van der Waals surface area (Å²) in [6, 6.07) is 5.40. The Morgan fingerprint density at radius 3 is 2.64 bits per heavy atom. The molecule has 1 heterocycles. The van der Waals surface area contributed by atoms with Crippen LogP contribution in [0.5, 0.6) is 5.75 Å². The van der Waals surface area contributed by atoms with Gasteiger partial charge in [-0.2, -0.15) is 17.4 Å². The molecule has 0 aromatic heterocycles. The number of benzene rings is 1. The molecule has 1 aromatic rings. The SMILES string of the molecule is CN(C)S(=O)(=O)N[C@@H]1CCN(CCCOc2ccc(F)cc2)C[C@H]1O. The van der Waals surface area contributed by atoms with Gasteiger partial charge in [0.1, 0.15) is 11.6 Å². The average Bonchev–Trinajstić information content (AvgIpc) is 2.55. The highest BCUT2D eigenvalue weighted by molar-refractivity contribution is 7.87. The summed E-state index contributed by atoms with van der Waals surface area (Å²) in [6.07, 6.45) is 0.562. The molecule has 0 amide bonds. The highest BCUT2D eigenvalue weighted by Crippen LogP contribution is 2.14. The highest BCUT2D eigenvalue weighted by atomic mass is 32.2. The molecule has 0 aliphatic carbocycles. The molecule has 0 radical (unpaired) electrons. The van der Waals surface area contributed by atoms with E-state index < -0.39 is 22.4 Å². The molecule has 0 spiro atoms. The average molecular weight is 375 g/mol. The number of halogens is 1. The number of likely N-dealkylation sites (tertiary alicyclic amines) is 1. The van der Waals surface area contributed by atoms with Gasteiger partial charge >= 0.3 is 0 Å². The first-order chi connectivity index (χ1) is 11.8. The van der Waals surface area contributed by atoms with Gasteiger partial charge in [0, 0.05) is 27.2 Å². The molecule has 1 aromatic carbocycles. The maximum atomic E-state index is 12.8. The first-order valence-electron chi connectivity index (χ1n) is 8.26. The minimum atomic E-state index is -3.54. The Bertz CT molecular complexity index is 639. The lowest BCUT2D eigenvalue weighted by atomic mass is 10.0. The zero-order chi connectivity index (χ0) is 18.4. The van der Waals surface area contributed by atoms with Crippen molar-refractivity contribution in [2.75, 3.05) is 40.3 Å². The van der Waals surface area contributed by atoms with E-state index in [4.69, 9.17) is 4.74 Å². The van der Waals surface area contributed by atoms with Crippen LogP contribution in [0.1, 0.15) is 12.8 Å². The Balaban J connectivity index is 1.69. The van der Waals surface area contributed by atoms with Crippen LogP contribution in [0.25, 0.3) is 0 Å². The van der Waals surface area contributed by atoms with E-state index in [0.29, 0.717) is 31.9 Å². The topological polar surface area (TPSA) is 82.1 Å². The number of ether oxygens (including phenoxy) is 1. The van der Waals surface area contributed by atoms with Gasteiger partial charge in [-0.15, -0.1) is 0 Å². The van der Waals surface area contributed by atoms with Gasteiger partial charge in [0.05, 0.1) is 18.8 Å². The van der Waals surface area contributed by atoms with Gasteiger partial charge in [0.15, 0.2) is 0 Å². The fraction of sp³-hybridized carbons (Fsp3) is 0.625. The van der Waals surface area contributed by atoms with Crippen molar-refractivity contribution >= 4 is 10.2 Å². The van der Waals surface area contributed by atoms with Crippen molar-refractivity contribution in [3.05, 3.63) is 30.1 Å². The van der Waals surface area contributed by atoms with Crippen LogP contribution in [0.15, 0.2) is 24.3 Å². The number of aliphatic hydroxyl groups is 1. The molecule has 1 aliphatic heterocycles. The number of piperidine rings is 1. The molecular formula is C16H26FN3O4S. The van der Waals surface area contributed by atoms with Crippen LogP contribution >= 0.6 is 0 Å². The molecule has 1 fully saturated rings. The van der Waals surface area contributed by atoms with Gasteiger partial charge in [-0.3, -0.25) is 0 Å². The Kier molecular flexibility index (Phi) is 7.14. The van der Waals surface area contributed by atoms with Crippen molar-refractivity contribution < 1.29 is 22.7 Å². The van der Waals surface area contributed by atoms with Crippen LogP contribution in [0.3, 0.4) is 0 Å². The van der Waals surface area contributed by atoms with E-state index in [-0.39, 0.29) is 5.82 Å². The summed E-state index contributed by atoms with van der Waals surface area (Å²) in [5, 5.41) is 10.2. The predicted molar refractivity (Wildman–Crippen MR) is 93.1 cm³/mol. The minimum absolute atomic E-state index is 0.297. The number of nitrogens with zero attached hydrogens (tertiary/aromatic N) is 2. The monoisotopic (exact) mass is 375 g/mol. The third kappa shape index (κ3) is 6.19. The third-order valence-corrected chi connectivity index (χ3v) is 5.71. The summed E-state index contributed by atoms with van der Waals surface area (Å²) in [7, 11) is -0.646. The molecule has 1 saturated heterocycles. The second kappa shape index (κ2) is 8.91. The molecule has 7 nitrogen and oxygen atoms in total. The van der Waals surface area contributed by atoms with Crippen molar-refractivity contribution in [1.82, 2.24) is 13.9 Å². The van der Waals surface area contributed by atoms with E-state index >= 15 is 0 Å². The van der Waals surface area contributed by atoms with Gasteiger partial charge in [0.25, 0.3) is 10.2 Å². The molecule has 0 unspecified atom stereocenters. The summed E-state index contributed by atoms with van der Waals surface area (Å²) in [6.45, 7) is 2.35. The second-order valence-corrected chi connectivity index (χ2v) is 8.24. The summed E-state index contributed by atoms with van der Waals surface area (Å²) < 4.78 is 45.6. The zero-order valence-corrected chi connectivity index (χ0v) is 15.4. The van der Waals surface area contributed by atoms with Crippen molar-refractivity contribution in [2.24, 2.45) is 0 Å². The van der Waals surface area contributed by atoms with Crippen LogP contribution in [-0.4, -0.2) is 75.2 Å². The van der Waals surface area contributed by atoms with Gasteiger partial charge in [0.2, 0.25) is 0 Å². The molecule has 0 saturated carbocycles. The maximum absolute atomic E-state index is 12.8. The third-order valence-electron chi connectivity index (χ3n) is 4.15. The maximum Gasteiger partial charge on any atom is 0.279 e. The first-order valence-corrected chi connectivity index (χ1v) is 9.70. The summed E-state index contributed by atoms with van der Waals surface area (Å²) in [4.78, 5) is 2.08. The number of β-amino-alcohol motifs (C(OH)–C–C–N with tert-alkyl or cyclic N) is 1. The molecule has 9 heteroatoms. The fourth-order valence-electron chi connectivity index (χ4n) is 2.64. The Labute approximate surface area is 148 Å². The first kappa shape index (κ1) is 20.1. The Morgan fingerprint density at radius 2 is 2.04 bits per heavy atom. The molecule has 142 valence electrons. The Hall–Kier alpha value is -1.26. The van der Waals surface area contributed by atoms with E-state index in [1.807, 2.05) is 0 Å². The number of hydrogen-bond donors (Lipinski definition) is 2. The minimum Gasteiger partial charge on any atom is -0.494 e. The van der Waals surface area contributed by atoms with Gasteiger partial charge in [-0.25, -0.2) is 4.39 Å². The largest absolute Gasteiger partial charge is 0.494 e. The number of aliphatic hydroxyl groups excluding tert-OH is 1. The number of hydrogen-bond acceptors (Lipinski definition) is 5. The standard InChI is InChI=1S/C16H26FN3O4S/c1-19(2)25(22,23)18-15-8-10-20(12-16(15)21)9-3-11-24-14-6-4-13(17)5-7-14/h4-7,15-16,18,21H,3,8-12H2,1-2H3/t15-,16-/m1/s1. The second-order valence-electron chi connectivity index (χ2n) is 6.32. The van der Waals surface area contributed by atoms with E-state index in [9.17, 15) is 17.9 Å². The lowest BCUT2D eigenvalue weighted by molar-refractivity contribution is 0.0455. The fourth-order valence-corrected chi connectivity index (χ4v) is 3.51. The van der Waals surface area contributed by atoms with Gasteiger partial charge in [-0.1, -0.05) is 0 Å². The summed E-state index contributed by atoms with van der Waals surface area (Å²) >= 11 is 0. The number of rotatable bonds is 8. The molecule has 0 bridgehead atoms. The van der Waals surface area contributed by atoms with E-state index in [1.54, 1.807) is 12.1 Å². The molecule has 2 atom stereocenters. The van der Waals surface area contributed by atoms with E-state index in [2.05, 4.69) is 9.62 Å². The zero-order valence-electron chi connectivity index (χ0n) is 14.6. The smallest absolute Gasteiger partial charge is 0.279 e. The molecule has 2 rings (SSSR count). The van der Waals surface area contributed by atoms with Crippen LogP contribution in [0.2, 0.25) is 0 Å². The quantitative estimate of drug-likeness (QED) is 0.644. The molecule has 25 heavy (non-hydrogen) atoms. The van der Waals surface area contributed by atoms with Gasteiger partial charge in [-0.05, 0) is 43.7 Å². The van der Waals surface area contributed by atoms with E-state index in [1.165, 1.54) is 26.2 Å². The predicted octanol–water partition coefficient (Wildman–Crippen LogP) is 0.426. The van der Waals surface area contributed by atoms with Crippen molar-refractivity contribution in [2.45, 2.75) is 25.0 Å². The van der Waals surface area contributed by atoms with Gasteiger partial charge < -0.3 is 14.7 Å². The highest BCUT2D eigenvalue weighted by Gasteiger charge is 2.31.